The highest BCUT2D eigenvalue weighted by molar-refractivity contribution is 6.04. The summed E-state index contributed by atoms with van der Waals surface area (Å²) in [5.74, 6) is 1.19. The van der Waals surface area contributed by atoms with Gasteiger partial charge >= 0.3 is 0 Å². The Kier molecular flexibility index (Phi) is 4.49. The number of hydrogen-bond donors (Lipinski definition) is 2. The quantitative estimate of drug-likeness (QED) is 0.573. The average molecular weight is 358 g/mol. The van der Waals surface area contributed by atoms with Crippen molar-refractivity contribution < 1.29 is 4.79 Å². The fraction of sp³-hybridized carbons (Fsp3) is 0.100. The second-order valence-corrected chi connectivity index (χ2v) is 6.18. The van der Waals surface area contributed by atoms with Crippen LogP contribution in [0.4, 0.5) is 5.69 Å². The molecule has 0 spiro atoms. The number of rotatable bonds is 5. The summed E-state index contributed by atoms with van der Waals surface area (Å²) in [4.78, 5) is 16.8. The Balaban J connectivity index is 1.46. The maximum absolute atomic E-state index is 12.5. The predicted octanol–water partition coefficient (Wildman–Crippen LogP) is 3.28. The van der Waals surface area contributed by atoms with E-state index in [4.69, 9.17) is 0 Å². The lowest BCUT2D eigenvalue weighted by Gasteiger charge is -2.07. The summed E-state index contributed by atoms with van der Waals surface area (Å²) in [7, 11) is 0. The van der Waals surface area contributed by atoms with Gasteiger partial charge in [0.15, 0.2) is 5.82 Å². The molecule has 0 fully saturated rings. The van der Waals surface area contributed by atoms with Crippen molar-refractivity contribution >= 4 is 11.6 Å². The SMILES string of the molecule is Cc1nc(-c2cccc(NC(=O)c3ccc(Cn4cccn4)cc3)c2)n[nH]1. The van der Waals surface area contributed by atoms with Gasteiger partial charge in [-0.3, -0.25) is 14.6 Å². The number of carbonyl (C=O) groups excluding carboxylic acids is 1. The van der Waals surface area contributed by atoms with E-state index >= 15 is 0 Å². The zero-order valence-corrected chi connectivity index (χ0v) is 14.8. The van der Waals surface area contributed by atoms with Crippen LogP contribution in [0.3, 0.4) is 0 Å². The summed E-state index contributed by atoms with van der Waals surface area (Å²) in [5, 5.41) is 14.1. The van der Waals surface area contributed by atoms with E-state index in [1.54, 1.807) is 6.20 Å². The third kappa shape index (κ3) is 3.92. The number of hydrogen-bond acceptors (Lipinski definition) is 4. The maximum Gasteiger partial charge on any atom is 0.255 e. The lowest BCUT2D eigenvalue weighted by Crippen LogP contribution is -2.12. The van der Waals surface area contributed by atoms with Crippen LogP contribution in [0, 0.1) is 6.92 Å². The van der Waals surface area contributed by atoms with Crippen LogP contribution in [0.15, 0.2) is 67.0 Å². The van der Waals surface area contributed by atoms with Crippen LogP contribution in [-0.2, 0) is 6.54 Å². The molecule has 7 heteroatoms. The van der Waals surface area contributed by atoms with Crippen molar-refractivity contribution in [3.05, 3.63) is 83.9 Å². The van der Waals surface area contributed by atoms with Crippen LogP contribution < -0.4 is 5.32 Å². The molecule has 2 N–H and O–H groups in total. The number of aromatic amines is 1. The van der Waals surface area contributed by atoms with Gasteiger partial charge in [0.2, 0.25) is 0 Å². The molecule has 4 rings (SSSR count). The first-order valence-electron chi connectivity index (χ1n) is 8.54. The summed E-state index contributed by atoms with van der Waals surface area (Å²) in [6, 6.07) is 16.8. The average Bonchev–Trinajstić information content (AvgIpc) is 3.34. The van der Waals surface area contributed by atoms with E-state index in [1.165, 1.54) is 0 Å². The normalized spacial score (nSPS) is 10.7. The van der Waals surface area contributed by atoms with E-state index in [1.807, 2.05) is 72.4 Å². The van der Waals surface area contributed by atoms with Crippen molar-refractivity contribution in [1.29, 1.82) is 0 Å². The lowest BCUT2D eigenvalue weighted by molar-refractivity contribution is 0.102. The Morgan fingerprint density at radius 2 is 2.00 bits per heavy atom. The molecule has 0 bridgehead atoms. The largest absolute Gasteiger partial charge is 0.322 e. The molecule has 4 aromatic rings. The summed E-state index contributed by atoms with van der Waals surface area (Å²) < 4.78 is 1.84. The number of benzene rings is 2. The molecule has 0 unspecified atom stereocenters. The second kappa shape index (κ2) is 7.25. The number of anilines is 1. The first kappa shape index (κ1) is 16.7. The third-order valence-corrected chi connectivity index (χ3v) is 4.10. The summed E-state index contributed by atoms with van der Waals surface area (Å²) in [6.07, 6.45) is 3.65. The molecule has 0 atom stereocenters. The number of nitrogens with one attached hydrogen (secondary N) is 2. The predicted molar refractivity (Wildman–Crippen MR) is 102 cm³/mol. The second-order valence-electron chi connectivity index (χ2n) is 6.18. The Morgan fingerprint density at radius 3 is 2.70 bits per heavy atom. The molecule has 0 radical (unpaired) electrons. The molecule has 27 heavy (non-hydrogen) atoms. The molecule has 0 aliphatic rings. The van der Waals surface area contributed by atoms with Crippen LogP contribution in [0.25, 0.3) is 11.4 Å². The Hall–Kier alpha value is -3.74. The maximum atomic E-state index is 12.5. The Labute approximate surface area is 156 Å². The fourth-order valence-electron chi connectivity index (χ4n) is 2.75. The molecule has 0 saturated carbocycles. The van der Waals surface area contributed by atoms with E-state index in [2.05, 4.69) is 25.6 Å². The van der Waals surface area contributed by atoms with Gasteiger partial charge in [-0.15, -0.1) is 0 Å². The standard InChI is InChI=1S/C20H18N6O/c1-14-22-19(25-24-14)17-4-2-5-18(12-17)23-20(27)16-8-6-15(7-9-16)13-26-11-3-10-21-26/h2-12H,13H2,1H3,(H,23,27)(H,22,24,25). The van der Waals surface area contributed by atoms with Gasteiger partial charge in [-0.05, 0) is 42.8 Å². The molecular weight excluding hydrogens is 340 g/mol. The van der Waals surface area contributed by atoms with Crippen molar-refractivity contribution in [2.75, 3.05) is 5.32 Å². The molecule has 0 aliphatic heterocycles. The van der Waals surface area contributed by atoms with Gasteiger partial charge in [-0.25, -0.2) is 4.98 Å². The third-order valence-electron chi connectivity index (χ3n) is 4.10. The molecule has 2 heterocycles. The molecule has 0 saturated heterocycles. The van der Waals surface area contributed by atoms with Gasteiger partial charge < -0.3 is 5.32 Å². The van der Waals surface area contributed by atoms with E-state index in [0.29, 0.717) is 23.6 Å². The first-order chi connectivity index (χ1) is 13.2. The number of carbonyl (C=O) groups is 1. The highest BCUT2D eigenvalue weighted by Gasteiger charge is 2.09. The van der Waals surface area contributed by atoms with E-state index in [0.717, 1.165) is 17.0 Å². The number of aryl methyl sites for hydroxylation is 1. The van der Waals surface area contributed by atoms with Gasteiger partial charge in [0.1, 0.15) is 5.82 Å². The molecule has 0 aliphatic carbocycles. The zero-order chi connectivity index (χ0) is 18.6. The highest BCUT2D eigenvalue weighted by atomic mass is 16.1. The van der Waals surface area contributed by atoms with Crippen LogP contribution >= 0.6 is 0 Å². The van der Waals surface area contributed by atoms with Crippen LogP contribution in [-0.4, -0.2) is 30.9 Å². The number of H-pyrrole nitrogens is 1. The number of amides is 1. The van der Waals surface area contributed by atoms with Crippen molar-refractivity contribution in [2.45, 2.75) is 13.5 Å². The topological polar surface area (TPSA) is 88.5 Å². The molecule has 2 aromatic carbocycles. The monoisotopic (exact) mass is 358 g/mol. The highest BCUT2D eigenvalue weighted by Crippen LogP contribution is 2.20. The minimum Gasteiger partial charge on any atom is -0.322 e. The fourth-order valence-corrected chi connectivity index (χ4v) is 2.75. The van der Waals surface area contributed by atoms with Crippen molar-refractivity contribution in [1.82, 2.24) is 25.0 Å². The van der Waals surface area contributed by atoms with Crippen molar-refractivity contribution in [3.8, 4) is 11.4 Å². The van der Waals surface area contributed by atoms with Gasteiger partial charge in [0.25, 0.3) is 5.91 Å². The van der Waals surface area contributed by atoms with E-state index in [-0.39, 0.29) is 5.91 Å². The van der Waals surface area contributed by atoms with Crippen LogP contribution in [0.2, 0.25) is 0 Å². The van der Waals surface area contributed by atoms with Gasteiger partial charge in [0.05, 0.1) is 6.54 Å². The Bertz CT molecular complexity index is 1050. The molecule has 7 nitrogen and oxygen atoms in total. The summed E-state index contributed by atoms with van der Waals surface area (Å²) in [6.45, 7) is 2.52. The lowest BCUT2D eigenvalue weighted by atomic mass is 10.1. The van der Waals surface area contributed by atoms with Crippen molar-refractivity contribution in [3.63, 3.8) is 0 Å². The number of aromatic nitrogens is 5. The van der Waals surface area contributed by atoms with Crippen LogP contribution in [0.5, 0.6) is 0 Å². The van der Waals surface area contributed by atoms with E-state index in [9.17, 15) is 4.79 Å². The van der Waals surface area contributed by atoms with Crippen LogP contribution in [0.1, 0.15) is 21.7 Å². The van der Waals surface area contributed by atoms with Crippen molar-refractivity contribution in [2.24, 2.45) is 0 Å². The number of nitrogens with zero attached hydrogens (tertiary/aromatic N) is 4. The van der Waals surface area contributed by atoms with E-state index < -0.39 is 0 Å². The molecular formula is C20H18N6O. The Morgan fingerprint density at radius 1 is 1.15 bits per heavy atom. The smallest absolute Gasteiger partial charge is 0.255 e. The zero-order valence-electron chi connectivity index (χ0n) is 14.8. The first-order valence-corrected chi connectivity index (χ1v) is 8.54. The van der Waals surface area contributed by atoms with Gasteiger partial charge in [-0.2, -0.15) is 10.2 Å². The molecule has 2 aromatic heterocycles. The van der Waals surface area contributed by atoms with Gasteiger partial charge in [0, 0.05) is 29.2 Å². The van der Waals surface area contributed by atoms with Gasteiger partial charge in [-0.1, -0.05) is 24.3 Å². The minimum absolute atomic E-state index is 0.163. The molecule has 1 amide bonds. The minimum atomic E-state index is -0.163. The summed E-state index contributed by atoms with van der Waals surface area (Å²) >= 11 is 0. The molecule has 134 valence electrons. The summed E-state index contributed by atoms with van der Waals surface area (Å²) in [5.41, 5.74) is 3.21.